The fourth-order valence-corrected chi connectivity index (χ4v) is 2.92. The lowest BCUT2D eigenvalue weighted by atomic mass is 10.1. The molecule has 0 radical (unpaired) electrons. The van der Waals surface area contributed by atoms with E-state index in [1.165, 1.54) is 13.3 Å². The van der Waals surface area contributed by atoms with E-state index in [0.29, 0.717) is 41.7 Å². The number of Topliss-reactive ketones (excluding diaryl/α,β-unsaturated/α-hetero) is 1. The zero-order chi connectivity index (χ0) is 21.1. The molecule has 0 saturated carbocycles. The Bertz CT molecular complexity index is 1120. The van der Waals surface area contributed by atoms with Crippen molar-refractivity contribution < 1.29 is 19.2 Å². The zero-order valence-electron chi connectivity index (χ0n) is 15.9. The third-order valence-corrected chi connectivity index (χ3v) is 4.36. The van der Waals surface area contributed by atoms with Crippen LogP contribution in [0.1, 0.15) is 17.3 Å². The fraction of sp³-hybridized carbons (Fsp3) is 0.150. The predicted molar refractivity (Wildman–Crippen MR) is 109 cm³/mol. The van der Waals surface area contributed by atoms with Gasteiger partial charge in [-0.15, -0.1) is 0 Å². The van der Waals surface area contributed by atoms with Gasteiger partial charge in [-0.25, -0.2) is 9.97 Å². The largest absolute Gasteiger partial charge is 0.486 e. The van der Waals surface area contributed by atoms with Crippen LogP contribution in [0, 0.1) is 10.1 Å². The first kappa shape index (κ1) is 19.1. The molecule has 2 heterocycles. The predicted octanol–water partition coefficient (Wildman–Crippen LogP) is 3.85. The van der Waals surface area contributed by atoms with Crippen molar-refractivity contribution in [3.05, 3.63) is 64.5 Å². The lowest BCUT2D eigenvalue weighted by molar-refractivity contribution is -0.383. The van der Waals surface area contributed by atoms with Gasteiger partial charge in [0.1, 0.15) is 19.5 Å². The minimum absolute atomic E-state index is 0.0191. The smallest absolute Gasteiger partial charge is 0.353 e. The van der Waals surface area contributed by atoms with Crippen molar-refractivity contribution in [1.82, 2.24) is 9.97 Å². The van der Waals surface area contributed by atoms with Crippen molar-refractivity contribution in [3.8, 4) is 11.5 Å². The Hall–Kier alpha value is -4.21. The van der Waals surface area contributed by atoms with Crippen LogP contribution in [0.2, 0.25) is 0 Å². The molecule has 0 atom stereocenters. The Kier molecular flexibility index (Phi) is 5.12. The van der Waals surface area contributed by atoms with Gasteiger partial charge in [0.15, 0.2) is 17.3 Å². The molecule has 10 nitrogen and oxygen atoms in total. The van der Waals surface area contributed by atoms with E-state index < -0.39 is 4.92 Å². The second-order valence-corrected chi connectivity index (χ2v) is 6.42. The van der Waals surface area contributed by atoms with Crippen LogP contribution in [0.4, 0.5) is 28.7 Å². The quantitative estimate of drug-likeness (QED) is 0.356. The molecule has 30 heavy (non-hydrogen) atoms. The van der Waals surface area contributed by atoms with Gasteiger partial charge in [-0.2, -0.15) is 0 Å². The molecule has 1 aromatic heterocycles. The van der Waals surface area contributed by atoms with E-state index in [0.717, 1.165) is 0 Å². The Labute approximate surface area is 171 Å². The first-order chi connectivity index (χ1) is 14.5. The number of ketones is 1. The molecule has 2 aromatic carbocycles. The lowest BCUT2D eigenvalue weighted by Gasteiger charge is -2.19. The van der Waals surface area contributed by atoms with Crippen LogP contribution < -0.4 is 20.1 Å². The number of hydrogen-bond donors (Lipinski definition) is 2. The molecule has 10 heteroatoms. The van der Waals surface area contributed by atoms with Crippen molar-refractivity contribution in [2.75, 3.05) is 23.8 Å². The molecular formula is C20H17N5O5. The molecule has 1 aliphatic rings. The van der Waals surface area contributed by atoms with Crippen molar-refractivity contribution in [3.63, 3.8) is 0 Å². The molecule has 0 fully saturated rings. The molecule has 0 bridgehead atoms. The molecule has 2 N–H and O–H groups in total. The molecule has 4 rings (SSSR count). The Balaban J connectivity index is 1.63. The zero-order valence-corrected chi connectivity index (χ0v) is 15.9. The third-order valence-electron chi connectivity index (χ3n) is 4.36. The monoisotopic (exact) mass is 407 g/mol. The number of nitrogens with zero attached hydrogens (tertiary/aromatic N) is 3. The number of fused-ring (bicyclic) bond motifs is 1. The van der Waals surface area contributed by atoms with Gasteiger partial charge in [0.25, 0.3) is 0 Å². The number of hydrogen-bond acceptors (Lipinski definition) is 9. The summed E-state index contributed by atoms with van der Waals surface area (Å²) in [5.74, 6) is 1.13. The molecule has 3 aromatic rings. The number of carbonyl (C=O) groups excluding carboxylic acids is 1. The minimum atomic E-state index is -0.563. The summed E-state index contributed by atoms with van der Waals surface area (Å²) in [6.07, 6.45) is 1.22. The Morgan fingerprint density at radius 1 is 0.967 bits per heavy atom. The van der Waals surface area contributed by atoms with E-state index in [1.54, 1.807) is 42.5 Å². The van der Waals surface area contributed by atoms with Crippen LogP contribution in [0.25, 0.3) is 0 Å². The number of ether oxygens (including phenoxy) is 2. The molecular weight excluding hydrogens is 390 g/mol. The lowest BCUT2D eigenvalue weighted by Crippen LogP contribution is -2.15. The van der Waals surface area contributed by atoms with E-state index >= 15 is 0 Å². The van der Waals surface area contributed by atoms with E-state index in [2.05, 4.69) is 20.6 Å². The van der Waals surface area contributed by atoms with E-state index in [9.17, 15) is 14.9 Å². The van der Waals surface area contributed by atoms with Gasteiger partial charge < -0.3 is 20.1 Å². The molecule has 0 spiro atoms. The number of aromatic nitrogens is 2. The van der Waals surface area contributed by atoms with Crippen LogP contribution in [0.3, 0.4) is 0 Å². The van der Waals surface area contributed by atoms with Crippen molar-refractivity contribution in [2.45, 2.75) is 6.92 Å². The average molecular weight is 407 g/mol. The van der Waals surface area contributed by atoms with E-state index in [4.69, 9.17) is 9.47 Å². The van der Waals surface area contributed by atoms with Crippen LogP contribution in [0.5, 0.6) is 11.5 Å². The highest BCUT2D eigenvalue weighted by molar-refractivity contribution is 5.94. The first-order valence-corrected chi connectivity index (χ1v) is 9.05. The van der Waals surface area contributed by atoms with Gasteiger partial charge in [-0.1, -0.05) is 0 Å². The van der Waals surface area contributed by atoms with Crippen molar-refractivity contribution in [1.29, 1.82) is 0 Å². The van der Waals surface area contributed by atoms with Crippen LogP contribution in [-0.2, 0) is 0 Å². The maximum absolute atomic E-state index is 11.8. The van der Waals surface area contributed by atoms with Gasteiger partial charge >= 0.3 is 5.69 Å². The summed E-state index contributed by atoms with van der Waals surface area (Å²) >= 11 is 0. The SMILES string of the molecule is CC(=O)c1ccc(Nc2ncnc(Nc3ccc4c(c3)OCCO4)c2[N+](=O)[O-])cc1. The Morgan fingerprint density at radius 3 is 2.20 bits per heavy atom. The second kappa shape index (κ2) is 8.03. The maximum Gasteiger partial charge on any atom is 0.353 e. The van der Waals surface area contributed by atoms with Crippen LogP contribution >= 0.6 is 0 Å². The number of anilines is 4. The van der Waals surface area contributed by atoms with Crippen LogP contribution in [-0.4, -0.2) is 33.9 Å². The third kappa shape index (κ3) is 3.97. The van der Waals surface area contributed by atoms with Crippen LogP contribution in [0.15, 0.2) is 48.8 Å². The summed E-state index contributed by atoms with van der Waals surface area (Å²) in [4.78, 5) is 30.6. The highest BCUT2D eigenvalue weighted by Crippen LogP contribution is 2.36. The standard InChI is InChI=1S/C20H17N5O5/c1-12(26)13-2-4-14(5-3-13)23-19-18(25(27)28)20(22-11-21-19)24-15-6-7-16-17(10-15)30-9-8-29-16/h2-7,10-11H,8-9H2,1H3,(H2,21,22,23,24). The normalized spacial score (nSPS) is 12.2. The number of rotatable bonds is 6. The highest BCUT2D eigenvalue weighted by atomic mass is 16.6. The number of nitro groups is 1. The topological polar surface area (TPSA) is 129 Å². The summed E-state index contributed by atoms with van der Waals surface area (Å²) in [7, 11) is 0. The fourth-order valence-electron chi connectivity index (χ4n) is 2.92. The molecule has 152 valence electrons. The van der Waals surface area contributed by atoms with Gasteiger partial charge in [0.2, 0.25) is 11.6 Å². The summed E-state index contributed by atoms with van der Waals surface area (Å²) in [6.45, 7) is 2.37. The number of carbonyl (C=O) groups is 1. The van der Waals surface area contributed by atoms with Gasteiger partial charge in [-0.05, 0) is 43.3 Å². The highest BCUT2D eigenvalue weighted by Gasteiger charge is 2.24. The molecule has 0 unspecified atom stereocenters. The van der Waals surface area contributed by atoms with Crippen molar-refractivity contribution in [2.24, 2.45) is 0 Å². The summed E-state index contributed by atoms with van der Waals surface area (Å²) in [5.41, 5.74) is 1.33. The number of nitrogens with one attached hydrogen (secondary N) is 2. The van der Waals surface area contributed by atoms with Gasteiger partial charge in [0, 0.05) is 23.0 Å². The molecule has 0 aliphatic carbocycles. The molecule has 0 saturated heterocycles. The summed E-state index contributed by atoms with van der Waals surface area (Å²) in [6, 6.07) is 11.7. The van der Waals surface area contributed by atoms with Gasteiger partial charge in [-0.3, -0.25) is 14.9 Å². The van der Waals surface area contributed by atoms with Crippen molar-refractivity contribution >= 4 is 34.5 Å². The Morgan fingerprint density at radius 2 is 1.57 bits per heavy atom. The second-order valence-electron chi connectivity index (χ2n) is 6.42. The molecule has 1 aliphatic heterocycles. The molecule has 0 amide bonds. The maximum atomic E-state index is 11.8. The van der Waals surface area contributed by atoms with E-state index in [-0.39, 0.29) is 23.1 Å². The average Bonchev–Trinajstić information content (AvgIpc) is 2.74. The van der Waals surface area contributed by atoms with E-state index in [1.807, 2.05) is 0 Å². The van der Waals surface area contributed by atoms with Gasteiger partial charge in [0.05, 0.1) is 4.92 Å². The summed E-state index contributed by atoms with van der Waals surface area (Å²) < 4.78 is 11.0. The minimum Gasteiger partial charge on any atom is -0.486 e. The number of benzene rings is 2. The summed E-state index contributed by atoms with van der Waals surface area (Å²) in [5, 5.41) is 17.6. The first-order valence-electron chi connectivity index (χ1n) is 9.05.